The van der Waals surface area contributed by atoms with E-state index in [2.05, 4.69) is 21.7 Å². The van der Waals surface area contributed by atoms with Crippen molar-refractivity contribution in [2.45, 2.75) is 24.9 Å². The third-order valence-corrected chi connectivity index (χ3v) is 5.30. The third kappa shape index (κ3) is 3.59. The van der Waals surface area contributed by atoms with Crippen LogP contribution < -0.4 is 5.32 Å². The fourth-order valence-corrected chi connectivity index (χ4v) is 3.96. The van der Waals surface area contributed by atoms with Crippen molar-refractivity contribution in [1.29, 1.82) is 0 Å². The van der Waals surface area contributed by atoms with Crippen LogP contribution in [0.1, 0.15) is 35.6 Å². The normalized spacial score (nSPS) is 19.3. The van der Waals surface area contributed by atoms with Gasteiger partial charge in [0.15, 0.2) is 0 Å². The first-order chi connectivity index (χ1) is 11.2. The van der Waals surface area contributed by atoms with Gasteiger partial charge in [0.25, 0.3) is 0 Å². The molecular weight excluding hydrogens is 310 g/mol. The summed E-state index contributed by atoms with van der Waals surface area (Å²) in [6.07, 6.45) is 3.77. The van der Waals surface area contributed by atoms with Gasteiger partial charge in [0.05, 0.1) is 18.3 Å². The highest BCUT2D eigenvalue weighted by Crippen LogP contribution is 2.34. The fraction of sp³-hybridized carbons (Fsp3) is 0.471. The summed E-state index contributed by atoms with van der Waals surface area (Å²) in [5.41, 5.74) is 0. The van der Waals surface area contributed by atoms with Crippen LogP contribution in [-0.2, 0) is 0 Å². The second-order valence-electron chi connectivity index (χ2n) is 6.05. The van der Waals surface area contributed by atoms with Crippen LogP contribution in [-0.4, -0.2) is 43.0 Å². The summed E-state index contributed by atoms with van der Waals surface area (Å²) in [5, 5.41) is 5.15. The van der Waals surface area contributed by atoms with Gasteiger partial charge in [0.2, 0.25) is 0 Å². The number of likely N-dealkylation sites (N-methyl/N-ethyl adjacent to an activating group) is 1. The largest absolute Gasteiger partial charge is 0.468 e. The maximum absolute atomic E-state index is 12.6. The van der Waals surface area contributed by atoms with E-state index >= 15 is 0 Å². The van der Waals surface area contributed by atoms with E-state index in [0.717, 1.165) is 25.1 Å². The van der Waals surface area contributed by atoms with Gasteiger partial charge in [0, 0.05) is 18.0 Å². The lowest BCUT2D eigenvalue weighted by Gasteiger charge is -2.27. The Bertz CT molecular complexity index is 610. The maximum atomic E-state index is 12.6. The van der Waals surface area contributed by atoms with Gasteiger partial charge in [-0.15, -0.1) is 11.3 Å². The minimum Gasteiger partial charge on any atom is -0.468 e. The van der Waals surface area contributed by atoms with Crippen LogP contribution in [0, 0.1) is 0 Å². The Kier molecular flexibility index (Phi) is 5.03. The monoisotopic (exact) mass is 333 g/mol. The molecule has 6 heteroatoms. The van der Waals surface area contributed by atoms with Crippen molar-refractivity contribution in [3.05, 3.63) is 46.5 Å². The van der Waals surface area contributed by atoms with Crippen LogP contribution in [0.5, 0.6) is 0 Å². The topological polar surface area (TPSA) is 48.7 Å². The van der Waals surface area contributed by atoms with E-state index in [9.17, 15) is 4.79 Å². The Morgan fingerprint density at radius 2 is 2.35 bits per heavy atom. The number of hydrogen-bond donors (Lipinski definition) is 1. The number of rotatable bonds is 5. The molecule has 23 heavy (non-hydrogen) atoms. The molecule has 3 heterocycles. The molecule has 2 atom stereocenters. The molecule has 0 aliphatic carbocycles. The minimum absolute atomic E-state index is 0.0132. The second-order valence-corrected chi connectivity index (χ2v) is 7.03. The van der Waals surface area contributed by atoms with Gasteiger partial charge in [-0.2, -0.15) is 0 Å². The first kappa shape index (κ1) is 16.1. The zero-order valence-electron chi connectivity index (χ0n) is 13.6. The van der Waals surface area contributed by atoms with E-state index in [1.807, 2.05) is 37.2 Å². The Morgan fingerprint density at radius 1 is 1.48 bits per heavy atom. The second kappa shape index (κ2) is 7.19. The van der Waals surface area contributed by atoms with Crippen molar-refractivity contribution < 1.29 is 9.21 Å². The van der Waals surface area contributed by atoms with Crippen LogP contribution >= 0.6 is 11.3 Å². The summed E-state index contributed by atoms with van der Waals surface area (Å²) in [4.78, 5) is 17.9. The Balaban J connectivity index is 1.62. The molecule has 1 aliphatic heterocycles. The Morgan fingerprint density at radius 3 is 3.00 bits per heavy atom. The molecule has 5 nitrogen and oxygen atoms in total. The summed E-state index contributed by atoms with van der Waals surface area (Å²) in [6.45, 7) is 1.36. The third-order valence-electron chi connectivity index (χ3n) is 4.33. The molecule has 1 fully saturated rings. The van der Waals surface area contributed by atoms with Crippen LogP contribution in [0.4, 0.5) is 4.79 Å². The Labute approximate surface area is 140 Å². The lowest BCUT2D eigenvalue weighted by molar-refractivity contribution is 0.185. The van der Waals surface area contributed by atoms with Gasteiger partial charge in [-0.3, -0.25) is 4.90 Å². The standard InChI is InChI=1S/C17H23N3O2S/c1-19(2)14(15-7-4-10-22-15)12-18-17(21)20-9-3-6-13(20)16-8-5-11-23-16/h4-5,7-8,10-11,13-14H,3,6,9,12H2,1-2H3,(H,18,21)/t13-,14+/m0/s1. The molecule has 1 aliphatic rings. The van der Waals surface area contributed by atoms with Gasteiger partial charge in [-0.1, -0.05) is 6.07 Å². The lowest BCUT2D eigenvalue weighted by atomic mass is 10.2. The minimum atomic E-state index is 0.0132. The number of nitrogens with zero attached hydrogens (tertiary/aromatic N) is 2. The number of amides is 2. The van der Waals surface area contributed by atoms with E-state index in [1.54, 1.807) is 17.6 Å². The summed E-state index contributed by atoms with van der Waals surface area (Å²) in [7, 11) is 3.98. The molecule has 0 spiro atoms. The zero-order chi connectivity index (χ0) is 16.2. The molecular formula is C17H23N3O2S. The predicted octanol–water partition coefficient (Wildman–Crippen LogP) is 3.49. The van der Waals surface area contributed by atoms with Gasteiger partial charge >= 0.3 is 6.03 Å². The number of carbonyl (C=O) groups is 1. The van der Waals surface area contributed by atoms with Crippen LogP contribution in [0.15, 0.2) is 40.3 Å². The van der Waals surface area contributed by atoms with Crippen molar-refractivity contribution in [3.63, 3.8) is 0 Å². The van der Waals surface area contributed by atoms with Crippen LogP contribution in [0.3, 0.4) is 0 Å². The number of carbonyl (C=O) groups excluding carboxylic acids is 1. The van der Waals surface area contributed by atoms with E-state index in [4.69, 9.17) is 4.42 Å². The highest BCUT2D eigenvalue weighted by Gasteiger charge is 2.31. The van der Waals surface area contributed by atoms with Gasteiger partial charge < -0.3 is 14.6 Å². The fourth-order valence-electron chi connectivity index (χ4n) is 3.09. The van der Waals surface area contributed by atoms with Crippen molar-refractivity contribution >= 4 is 17.4 Å². The van der Waals surface area contributed by atoms with E-state index < -0.39 is 0 Å². The van der Waals surface area contributed by atoms with Gasteiger partial charge in [-0.25, -0.2) is 4.79 Å². The molecule has 0 radical (unpaired) electrons. The van der Waals surface area contributed by atoms with Crippen molar-refractivity contribution in [2.24, 2.45) is 0 Å². The van der Waals surface area contributed by atoms with Crippen molar-refractivity contribution in [2.75, 3.05) is 27.2 Å². The molecule has 0 saturated carbocycles. The number of urea groups is 1. The molecule has 0 unspecified atom stereocenters. The quantitative estimate of drug-likeness (QED) is 0.911. The lowest BCUT2D eigenvalue weighted by Crippen LogP contribution is -2.42. The molecule has 1 N–H and O–H groups in total. The molecule has 0 aromatic carbocycles. The molecule has 3 rings (SSSR count). The number of thiophene rings is 1. The number of likely N-dealkylation sites (tertiary alicyclic amines) is 1. The first-order valence-corrected chi connectivity index (χ1v) is 8.82. The molecule has 1 saturated heterocycles. The average Bonchev–Trinajstić information content (AvgIpc) is 3.27. The molecule has 0 bridgehead atoms. The predicted molar refractivity (Wildman–Crippen MR) is 91.5 cm³/mol. The van der Waals surface area contributed by atoms with Crippen LogP contribution in [0.2, 0.25) is 0 Å². The van der Waals surface area contributed by atoms with Crippen molar-refractivity contribution in [3.8, 4) is 0 Å². The number of furan rings is 1. The Hall–Kier alpha value is -1.79. The maximum Gasteiger partial charge on any atom is 0.318 e. The average molecular weight is 333 g/mol. The van der Waals surface area contributed by atoms with Crippen LogP contribution in [0.25, 0.3) is 0 Å². The zero-order valence-corrected chi connectivity index (χ0v) is 14.4. The molecule has 124 valence electrons. The summed E-state index contributed by atoms with van der Waals surface area (Å²) in [6, 6.07) is 8.26. The van der Waals surface area contributed by atoms with Gasteiger partial charge in [-0.05, 0) is 50.5 Å². The number of nitrogens with one attached hydrogen (secondary N) is 1. The summed E-state index contributed by atoms with van der Waals surface area (Å²) in [5.74, 6) is 0.867. The SMILES string of the molecule is CN(C)[C@H](CNC(=O)N1CCC[C@H]1c1cccs1)c1ccco1. The summed E-state index contributed by atoms with van der Waals surface area (Å²) >= 11 is 1.72. The van der Waals surface area contributed by atoms with Crippen molar-refractivity contribution in [1.82, 2.24) is 15.1 Å². The molecule has 2 aromatic heterocycles. The highest BCUT2D eigenvalue weighted by molar-refractivity contribution is 7.10. The highest BCUT2D eigenvalue weighted by atomic mass is 32.1. The number of hydrogen-bond acceptors (Lipinski definition) is 4. The van der Waals surface area contributed by atoms with E-state index in [-0.39, 0.29) is 18.1 Å². The molecule has 2 aromatic rings. The smallest absolute Gasteiger partial charge is 0.318 e. The summed E-state index contributed by atoms with van der Waals surface area (Å²) < 4.78 is 5.49. The molecule has 2 amide bonds. The van der Waals surface area contributed by atoms with E-state index in [1.165, 1.54) is 4.88 Å². The van der Waals surface area contributed by atoms with E-state index in [0.29, 0.717) is 6.54 Å². The first-order valence-electron chi connectivity index (χ1n) is 7.94. The van der Waals surface area contributed by atoms with Gasteiger partial charge in [0.1, 0.15) is 5.76 Å².